The molecule has 1 fully saturated rings. The van der Waals surface area contributed by atoms with Crippen molar-refractivity contribution in [1.82, 2.24) is 4.90 Å². The van der Waals surface area contributed by atoms with E-state index in [1.807, 2.05) is 0 Å². The largest absolute Gasteiger partial charge is 0.493 e. The van der Waals surface area contributed by atoms with Crippen LogP contribution in [-0.2, 0) is 0 Å². The smallest absolute Gasteiger partial charge is 0.122 e. The van der Waals surface area contributed by atoms with E-state index in [0.29, 0.717) is 11.8 Å². The molecule has 3 nitrogen and oxygen atoms in total. The van der Waals surface area contributed by atoms with E-state index in [4.69, 9.17) is 10.5 Å². The maximum Gasteiger partial charge on any atom is 0.122 e. The van der Waals surface area contributed by atoms with Crippen molar-refractivity contribution in [1.29, 1.82) is 0 Å². The van der Waals surface area contributed by atoms with Gasteiger partial charge in [-0.05, 0) is 37.6 Å². The minimum atomic E-state index is 0.674. The van der Waals surface area contributed by atoms with E-state index in [-0.39, 0.29) is 0 Å². The number of fused-ring (bicyclic) bond motifs is 3. The number of rotatable bonds is 4. The van der Waals surface area contributed by atoms with Gasteiger partial charge < -0.3 is 15.4 Å². The van der Waals surface area contributed by atoms with Gasteiger partial charge in [0.1, 0.15) is 5.75 Å². The minimum Gasteiger partial charge on any atom is -0.493 e. The maximum absolute atomic E-state index is 5.86. The lowest BCUT2D eigenvalue weighted by Crippen LogP contribution is -2.25. The number of ether oxygens (including phenoxy) is 1. The van der Waals surface area contributed by atoms with Gasteiger partial charge in [-0.1, -0.05) is 18.2 Å². The molecule has 2 aliphatic rings. The van der Waals surface area contributed by atoms with E-state index in [9.17, 15) is 0 Å². The number of hydrogen-bond donors (Lipinski definition) is 1. The highest BCUT2D eigenvalue weighted by molar-refractivity contribution is 5.39. The monoisotopic (exact) mass is 246 g/mol. The molecule has 2 heterocycles. The second-order valence-corrected chi connectivity index (χ2v) is 5.47. The van der Waals surface area contributed by atoms with Crippen LogP contribution in [0, 0.1) is 5.92 Å². The molecule has 0 bridgehead atoms. The molecule has 0 aliphatic carbocycles. The normalized spacial score (nSPS) is 26.5. The third kappa shape index (κ3) is 2.25. The molecule has 3 heteroatoms. The summed E-state index contributed by atoms with van der Waals surface area (Å²) in [6.07, 6.45) is 2.36. The fraction of sp³-hybridized carbons (Fsp3) is 0.600. The first-order valence-corrected chi connectivity index (χ1v) is 7.02. The SMILES string of the molecule is NCCCCN1C[C@@H]2COc3ccccc3[C@H]2C1. The van der Waals surface area contributed by atoms with Crippen LogP contribution in [-0.4, -0.2) is 37.7 Å². The molecule has 0 spiro atoms. The van der Waals surface area contributed by atoms with Crippen LogP contribution in [0.5, 0.6) is 5.75 Å². The molecule has 2 atom stereocenters. The average molecular weight is 246 g/mol. The Kier molecular flexibility index (Phi) is 3.52. The summed E-state index contributed by atoms with van der Waals surface area (Å²) in [5.41, 5.74) is 6.97. The highest BCUT2D eigenvalue weighted by Gasteiger charge is 2.38. The molecular formula is C15H22N2O. The number of nitrogens with two attached hydrogens (primary N) is 1. The van der Waals surface area contributed by atoms with Crippen LogP contribution in [0.4, 0.5) is 0 Å². The summed E-state index contributed by atoms with van der Waals surface area (Å²) >= 11 is 0. The summed E-state index contributed by atoms with van der Waals surface area (Å²) in [6.45, 7) is 5.26. The molecule has 2 aliphatic heterocycles. The average Bonchev–Trinajstić information content (AvgIpc) is 2.82. The zero-order valence-electron chi connectivity index (χ0n) is 10.8. The van der Waals surface area contributed by atoms with Gasteiger partial charge in [0.05, 0.1) is 6.61 Å². The molecule has 1 aromatic carbocycles. The molecule has 1 aromatic rings. The number of hydrogen-bond acceptors (Lipinski definition) is 3. The molecule has 1 saturated heterocycles. The van der Waals surface area contributed by atoms with Gasteiger partial charge in [-0.2, -0.15) is 0 Å². The van der Waals surface area contributed by atoms with Gasteiger partial charge in [0.2, 0.25) is 0 Å². The van der Waals surface area contributed by atoms with Crippen molar-refractivity contribution < 1.29 is 4.74 Å². The van der Waals surface area contributed by atoms with Crippen LogP contribution in [0.1, 0.15) is 24.3 Å². The summed E-state index contributed by atoms with van der Waals surface area (Å²) in [7, 11) is 0. The lowest BCUT2D eigenvalue weighted by molar-refractivity contribution is 0.212. The predicted octanol–water partition coefficient (Wildman–Crippen LogP) is 1.83. The Morgan fingerprint density at radius 1 is 1.22 bits per heavy atom. The van der Waals surface area contributed by atoms with Crippen LogP contribution >= 0.6 is 0 Å². The van der Waals surface area contributed by atoms with E-state index in [1.165, 1.54) is 31.6 Å². The highest BCUT2D eigenvalue weighted by atomic mass is 16.5. The first kappa shape index (κ1) is 12.0. The molecule has 0 radical (unpaired) electrons. The first-order chi connectivity index (χ1) is 8.88. The summed E-state index contributed by atoms with van der Waals surface area (Å²) < 4.78 is 5.86. The lowest BCUT2D eigenvalue weighted by atomic mass is 9.87. The molecule has 18 heavy (non-hydrogen) atoms. The molecule has 0 amide bonds. The Morgan fingerprint density at radius 3 is 3.00 bits per heavy atom. The Hall–Kier alpha value is -1.06. The van der Waals surface area contributed by atoms with Gasteiger partial charge in [-0.25, -0.2) is 0 Å². The number of nitrogens with zero attached hydrogens (tertiary/aromatic N) is 1. The van der Waals surface area contributed by atoms with Crippen molar-refractivity contribution in [2.75, 3.05) is 32.8 Å². The topological polar surface area (TPSA) is 38.5 Å². The molecule has 3 rings (SSSR count). The van der Waals surface area contributed by atoms with Gasteiger partial charge in [0, 0.05) is 24.9 Å². The third-order valence-electron chi connectivity index (χ3n) is 4.22. The van der Waals surface area contributed by atoms with Gasteiger partial charge in [-0.15, -0.1) is 0 Å². The maximum atomic E-state index is 5.86. The quantitative estimate of drug-likeness (QED) is 0.824. The zero-order chi connectivity index (χ0) is 12.4. The van der Waals surface area contributed by atoms with E-state index < -0.39 is 0 Å². The van der Waals surface area contributed by atoms with Gasteiger partial charge >= 0.3 is 0 Å². The molecule has 98 valence electrons. The van der Waals surface area contributed by atoms with Crippen molar-refractivity contribution in [3.63, 3.8) is 0 Å². The van der Waals surface area contributed by atoms with Gasteiger partial charge in [-0.3, -0.25) is 0 Å². The van der Waals surface area contributed by atoms with Crippen LogP contribution in [0.2, 0.25) is 0 Å². The zero-order valence-corrected chi connectivity index (χ0v) is 10.8. The van der Waals surface area contributed by atoms with E-state index >= 15 is 0 Å². The molecule has 0 unspecified atom stereocenters. The summed E-state index contributed by atoms with van der Waals surface area (Å²) in [5, 5.41) is 0. The molecule has 0 aromatic heterocycles. The number of para-hydroxylation sites is 1. The molecular weight excluding hydrogens is 224 g/mol. The number of benzene rings is 1. The molecule has 0 saturated carbocycles. The molecule has 2 N–H and O–H groups in total. The van der Waals surface area contributed by atoms with Crippen molar-refractivity contribution in [3.05, 3.63) is 29.8 Å². The van der Waals surface area contributed by atoms with Crippen LogP contribution in [0.25, 0.3) is 0 Å². The second kappa shape index (κ2) is 5.29. The van der Waals surface area contributed by atoms with E-state index in [0.717, 1.165) is 25.3 Å². The van der Waals surface area contributed by atoms with Gasteiger partial charge in [0.25, 0.3) is 0 Å². The van der Waals surface area contributed by atoms with Crippen molar-refractivity contribution >= 4 is 0 Å². The first-order valence-electron chi connectivity index (χ1n) is 7.02. The number of likely N-dealkylation sites (tertiary alicyclic amines) is 1. The number of unbranched alkanes of at least 4 members (excludes halogenated alkanes) is 1. The highest BCUT2D eigenvalue weighted by Crippen LogP contribution is 2.41. The van der Waals surface area contributed by atoms with Gasteiger partial charge in [0.15, 0.2) is 0 Å². The van der Waals surface area contributed by atoms with Crippen molar-refractivity contribution in [2.24, 2.45) is 11.7 Å². The summed E-state index contributed by atoms with van der Waals surface area (Å²) in [4.78, 5) is 2.58. The van der Waals surface area contributed by atoms with Crippen LogP contribution in [0.15, 0.2) is 24.3 Å². The Balaban J connectivity index is 1.67. The van der Waals surface area contributed by atoms with Crippen molar-refractivity contribution in [3.8, 4) is 5.75 Å². The van der Waals surface area contributed by atoms with Crippen molar-refractivity contribution in [2.45, 2.75) is 18.8 Å². The van der Waals surface area contributed by atoms with E-state index in [2.05, 4.69) is 29.2 Å². The lowest BCUT2D eigenvalue weighted by Gasteiger charge is -2.27. The Labute approximate surface area is 109 Å². The Morgan fingerprint density at radius 2 is 2.11 bits per heavy atom. The summed E-state index contributed by atoms with van der Waals surface area (Å²) in [6, 6.07) is 8.52. The third-order valence-corrected chi connectivity index (χ3v) is 4.22. The second-order valence-electron chi connectivity index (χ2n) is 5.47. The fourth-order valence-corrected chi connectivity index (χ4v) is 3.26. The summed E-state index contributed by atoms with van der Waals surface area (Å²) in [5.74, 6) is 2.45. The van der Waals surface area contributed by atoms with E-state index in [1.54, 1.807) is 0 Å². The Bertz CT molecular complexity index is 407. The predicted molar refractivity (Wildman–Crippen MR) is 72.9 cm³/mol. The minimum absolute atomic E-state index is 0.674. The van der Waals surface area contributed by atoms with Crippen LogP contribution in [0.3, 0.4) is 0 Å². The van der Waals surface area contributed by atoms with Crippen LogP contribution < -0.4 is 10.5 Å². The fourth-order valence-electron chi connectivity index (χ4n) is 3.26. The standard InChI is InChI=1S/C15H22N2O/c16-7-3-4-8-17-9-12-11-18-15-6-2-1-5-13(15)14(12)10-17/h1-2,5-6,12,14H,3-4,7-11,16H2/t12-,14+/m1/s1.